The van der Waals surface area contributed by atoms with Crippen molar-refractivity contribution in [1.82, 2.24) is 19.5 Å². The molecule has 7 heteroatoms. The van der Waals surface area contributed by atoms with Gasteiger partial charge in [-0.3, -0.25) is 4.57 Å². The quantitative estimate of drug-likeness (QED) is 0.507. The lowest BCUT2D eigenvalue weighted by molar-refractivity contribution is -0.0298. The average Bonchev–Trinajstić information content (AvgIpc) is 3.05. The highest BCUT2D eigenvalue weighted by Gasteiger charge is 2.20. The first-order chi connectivity index (χ1) is 11.8. The first-order valence-electron chi connectivity index (χ1n) is 7.97. The van der Waals surface area contributed by atoms with Crippen molar-refractivity contribution in [3.8, 4) is 0 Å². The van der Waals surface area contributed by atoms with E-state index in [1.165, 1.54) is 6.42 Å². The van der Waals surface area contributed by atoms with Crippen molar-refractivity contribution in [2.24, 2.45) is 0 Å². The van der Waals surface area contributed by atoms with Crippen molar-refractivity contribution in [2.75, 3.05) is 6.61 Å². The molecule has 0 aliphatic carbocycles. The van der Waals surface area contributed by atoms with Gasteiger partial charge in [-0.15, -0.1) is 0 Å². The highest BCUT2D eigenvalue weighted by Crippen LogP contribution is 2.30. The van der Waals surface area contributed by atoms with E-state index in [1.54, 1.807) is 18.1 Å². The maximum absolute atomic E-state index is 6.05. The lowest BCUT2D eigenvalue weighted by Crippen LogP contribution is -2.17. The number of fused-ring (bicyclic) bond motifs is 1. The molecule has 1 aromatic carbocycles. The van der Waals surface area contributed by atoms with E-state index < -0.39 is 0 Å². The molecule has 5 nitrogen and oxygen atoms in total. The number of benzene rings is 1. The number of nitrogens with zero attached hydrogens (tertiary/aromatic N) is 4. The molecular formula is C17H17ClN4OS. The molecule has 1 atom stereocenters. The van der Waals surface area contributed by atoms with Crippen LogP contribution >= 0.6 is 23.4 Å². The van der Waals surface area contributed by atoms with Crippen LogP contribution in [-0.4, -0.2) is 26.1 Å². The summed E-state index contributed by atoms with van der Waals surface area (Å²) in [6.45, 7) is 0.797. The van der Waals surface area contributed by atoms with Gasteiger partial charge in [0.2, 0.25) is 0 Å². The molecule has 0 N–H and O–H groups in total. The molecule has 24 heavy (non-hydrogen) atoms. The van der Waals surface area contributed by atoms with Gasteiger partial charge in [0.15, 0.2) is 5.65 Å². The minimum Gasteiger partial charge on any atom is -0.358 e. The van der Waals surface area contributed by atoms with Gasteiger partial charge in [-0.05, 0) is 37.0 Å². The molecule has 0 radical (unpaired) electrons. The van der Waals surface area contributed by atoms with Crippen LogP contribution in [0.15, 0.2) is 41.9 Å². The smallest absolute Gasteiger partial charge is 0.166 e. The predicted octanol–water partition coefficient (Wildman–Crippen LogP) is 4.47. The number of aromatic nitrogens is 4. The largest absolute Gasteiger partial charge is 0.358 e. The van der Waals surface area contributed by atoms with Crippen LogP contribution in [0.5, 0.6) is 0 Å². The molecular weight excluding hydrogens is 344 g/mol. The van der Waals surface area contributed by atoms with E-state index in [9.17, 15) is 0 Å². The Morgan fingerprint density at radius 1 is 1.25 bits per heavy atom. The van der Waals surface area contributed by atoms with Gasteiger partial charge in [0, 0.05) is 17.4 Å². The Kier molecular flexibility index (Phi) is 4.69. The van der Waals surface area contributed by atoms with Crippen LogP contribution in [0.1, 0.15) is 31.1 Å². The standard InChI is InChI=1S/C17H17ClN4OS/c18-13-5-3-4-12(8-13)9-24-17-15-16(19-10-20-17)22(11-21-15)14-6-1-2-7-23-14/h3-5,8,10-11,14H,1-2,6-7,9H2/t14-/m1/s1. The molecule has 0 amide bonds. The molecule has 0 saturated carbocycles. The Morgan fingerprint density at radius 2 is 2.21 bits per heavy atom. The average molecular weight is 361 g/mol. The molecule has 124 valence electrons. The van der Waals surface area contributed by atoms with Gasteiger partial charge in [-0.25, -0.2) is 15.0 Å². The summed E-state index contributed by atoms with van der Waals surface area (Å²) in [4.78, 5) is 13.4. The monoisotopic (exact) mass is 360 g/mol. The Morgan fingerprint density at radius 3 is 3.04 bits per heavy atom. The second-order valence-electron chi connectivity index (χ2n) is 5.74. The van der Waals surface area contributed by atoms with E-state index in [0.717, 1.165) is 52.0 Å². The van der Waals surface area contributed by atoms with Crippen LogP contribution in [0.3, 0.4) is 0 Å². The van der Waals surface area contributed by atoms with E-state index in [2.05, 4.69) is 21.0 Å². The fourth-order valence-electron chi connectivity index (χ4n) is 2.87. The summed E-state index contributed by atoms with van der Waals surface area (Å²) in [6, 6.07) is 7.88. The van der Waals surface area contributed by atoms with Crippen molar-refractivity contribution in [3.05, 3.63) is 47.5 Å². The second-order valence-corrected chi connectivity index (χ2v) is 7.14. The molecule has 1 saturated heterocycles. The topological polar surface area (TPSA) is 52.8 Å². The molecule has 0 unspecified atom stereocenters. The minimum absolute atomic E-state index is 0.0319. The molecule has 2 aromatic heterocycles. The fourth-order valence-corrected chi connectivity index (χ4v) is 3.97. The normalized spacial score (nSPS) is 18.1. The summed E-state index contributed by atoms with van der Waals surface area (Å²) in [6.07, 6.45) is 6.75. The molecule has 0 spiro atoms. The van der Waals surface area contributed by atoms with Gasteiger partial charge in [0.1, 0.15) is 23.1 Å². The molecule has 1 fully saturated rings. The zero-order valence-corrected chi connectivity index (χ0v) is 14.6. The highest BCUT2D eigenvalue weighted by molar-refractivity contribution is 7.98. The first kappa shape index (κ1) is 15.9. The number of imidazole rings is 1. The van der Waals surface area contributed by atoms with E-state index in [1.807, 2.05) is 29.1 Å². The van der Waals surface area contributed by atoms with Gasteiger partial charge in [0.25, 0.3) is 0 Å². The molecule has 3 aromatic rings. The molecule has 1 aliphatic rings. The maximum Gasteiger partial charge on any atom is 0.166 e. The summed E-state index contributed by atoms with van der Waals surface area (Å²) >= 11 is 7.69. The predicted molar refractivity (Wildman–Crippen MR) is 95.2 cm³/mol. The lowest BCUT2D eigenvalue weighted by Gasteiger charge is -2.23. The second kappa shape index (κ2) is 7.09. The number of ether oxygens (including phenoxy) is 1. The first-order valence-corrected chi connectivity index (χ1v) is 9.34. The summed E-state index contributed by atoms with van der Waals surface area (Å²) in [5, 5.41) is 1.63. The Bertz CT molecular complexity index is 847. The third-order valence-corrected chi connectivity index (χ3v) is 5.34. The number of thioether (sulfide) groups is 1. The summed E-state index contributed by atoms with van der Waals surface area (Å²) in [5.41, 5.74) is 2.83. The summed E-state index contributed by atoms with van der Waals surface area (Å²) in [7, 11) is 0. The van der Waals surface area contributed by atoms with Gasteiger partial charge in [0.05, 0.1) is 6.33 Å². The van der Waals surface area contributed by atoms with Crippen LogP contribution in [0, 0.1) is 0 Å². The molecule has 1 aliphatic heterocycles. The Balaban J connectivity index is 1.58. The fraction of sp³-hybridized carbons (Fsp3) is 0.353. The van der Waals surface area contributed by atoms with E-state index >= 15 is 0 Å². The third kappa shape index (κ3) is 3.27. The van der Waals surface area contributed by atoms with E-state index in [0.29, 0.717) is 0 Å². The van der Waals surface area contributed by atoms with Crippen LogP contribution < -0.4 is 0 Å². The maximum atomic E-state index is 6.05. The van der Waals surface area contributed by atoms with Crippen molar-refractivity contribution in [3.63, 3.8) is 0 Å². The van der Waals surface area contributed by atoms with Crippen molar-refractivity contribution >= 4 is 34.5 Å². The summed E-state index contributed by atoms with van der Waals surface area (Å²) in [5.74, 6) is 0.791. The van der Waals surface area contributed by atoms with E-state index in [4.69, 9.17) is 16.3 Å². The Labute approximate surface area is 149 Å². The van der Waals surface area contributed by atoms with Gasteiger partial charge >= 0.3 is 0 Å². The van der Waals surface area contributed by atoms with Crippen LogP contribution in [-0.2, 0) is 10.5 Å². The SMILES string of the molecule is Clc1cccc(CSc2ncnc3c2ncn3[C@H]2CCCCO2)c1. The molecule has 4 rings (SSSR count). The zero-order valence-electron chi connectivity index (χ0n) is 13.1. The van der Waals surface area contributed by atoms with Gasteiger partial charge < -0.3 is 4.74 Å². The van der Waals surface area contributed by atoms with Crippen molar-refractivity contribution in [1.29, 1.82) is 0 Å². The Hall–Kier alpha value is -1.63. The molecule has 3 heterocycles. The number of halogens is 1. The van der Waals surface area contributed by atoms with Crippen LogP contribution in [0.2, 0.25) is 5.02 Å². The van der Waals surface area contributed by atoms with E-state index in [-0.39, 0.29) is 6.23 Å². The number of rotatable bonds is 4. The third-order valence-electron chi connectivity index (χ3n) is 4.06. The van der Waals surface area contributed by atoms with Crippen LogP contribution in [0.4, 0.5) is 0 Å². The highest BCUT2D eigenvalue weighted by atomic mass is 35.5. The summed E-state index contributed by atoms with van der Waals surface area (Å²) < 4.78 is 7.88. The minimum atomic E-state index is 0.0319. The number of hydrogen-bond acceptors (Lipinski definition) is 5. The van der Waals surface area contributed by atoms with Crippen LogP contribution in [0.25, 0.3) is 11.2 Å². The van der Waals surface area contributed by atoms with Crippen molar-refractivity contribution < 1.29 is 4.74 Å². The lowest BCUT2D eigenvalue weighted by atomic mass is 10.2. The number of hydrogen-bond donors (Lipinski definition) is 0. The molecule has 0 bridgehead atoms. The van der Waals surface area contributed by atoms with Crippen molar-refractivity contribution in [2.45, 2.75) is 36.3 Å². The van der Waals surface area contributed by atoms with Gasteiger partial charge in [-0.2, -0.15) is 0 Å². The van der Waals surface area contributed by atoms with Gasteiger partial charge in [-0.1, -0.05) is 35.5 Å². The zero-order chi connectivity index (χ0) is 16.4.